The van der Waals surface area contributed by atoms with E-state index in [9.17, 15) is 9.59 Å². The van der Waals surface area contributed by atoms with Crippen molar-refractivity contribution in [3.05, 3.63) is 74.1 Å². The number of imide groups is 1. The summed E-state index contributed by atoms with van der Waals surface area (Å²) in [6.45, 7) is 2.23. The summed E-state index contributed by atoms with van der Waals surface area (Å²) >= 11 is 13.1. The van der Waals surface area contributed by atoms with Crippen molar-refractivity contribution in [2.75, 3.05) is 0 Å². The first-order chi connectivity index (χ1) is 11.5. The SMILES string of the molecule is Cc1ccc(CN2C(=O)SC(=Cc3c(Cl)cccc3Cl)C2=O)cc1. The minimum Gasteiger partial charge on any atom is -0.268 e. The number of thioether (sulfide) groups is 1. The zero-order valence-electron chi connectivity index (χ0n) is 12.8. The van der Waals surface area contributed by atoms with Crippen molar-refractivity contribution in [3.63, 3.8) is 0 Å². The molecule has 0 N–H and O–H groups in total. The molecular weight excluding hydrogens is 365 g/mol. The van der Waals surface area contributed by atoms with Gasteiger partial charge in [-0.15, -0.1) is 0 Å². The number of benzene rings is 2. The van der Waals surface area contributed by atoms with Crippen LogP contribution in [0.1, 0.15) is 16.7 Å². The minimum absolute atomic E-state index is 0.249. The maximum Gasteiger partial charge on any atom is 0.293 e. The van der Waals surface area contributed by atoms with E-state index in [-0.39, 0.29) is 17.7 Å². The fourth-order valence-electron chi connectivity index (χ4n) is 2.29. The van der Waals surface area contributed by atoms with Crippen molar-refractivity contribution in [2.45, 2.75) is 13.5 Å². The Kier molecular flexibility index (Phi) is 4.99. The Morgan fingerprint density at radius 3 is 2.29 bits per heavy atom. The van der Waals surface area contributed by atoms with Crippen molar-refractivity contribution in [1.29, 1.82) is 0 Å². The number of carbonyl (C=O) groups is 2. The van der Waals surface area contributed by atoms with Crippen LogP contribution in [-0.4, -0.2) is 16.0 Å². The molecule has 24 heavy (non-hydrogen) atoms. The highest BCUT2D eigenvalue weighted by Gasteiger charge is 2.35. The number of hydrogen-bond acceptors (Lipinski definition) is 3. The van der Waals surface area contributed by atoms with Gasteiger partial charge >= 0.3 is 0 Å². The molecule has 3 rings (SSSR count). The number of halogens is 2. The third-order valence-corrected chi connectivity index (χ3v) is 5.18. The van der Waals surface area contributed by atoms with Gasteiger partial charge in [-0.2, -0.15) is 0 Å². The van der Waals surface area contributed by atoms with E-state index in [1.54, 1.807) is 24.3 Å². The van der Waals surface area contributed by atoms with Gasteiger partial charge in [0.2, 0.25) is 0 Å². The summed E-state index contributed by atoms with van der Waals surface area (Å²) in [5.41, 5.74) is 2.57. The lowest BCUT2D eigenvalue weighted by Gasteiger charge is -2.12. The standard InChI is InChI=1S/C18H13Cl2NO2S/c1-11-5-7-12(8-6-11)10-21-17(22)16(24-18(21)23)9-13-14(19)3-2-4-15(13)20/h2-9H,10H2,1H3. The lowest BCUT2D eigenvalue weighted by molar-refractivity contribution is -0.123. The van der Waals surface area contributed by atoms with Crippen molar-refractivity contribution in [2.24, 2.45) is 0 Å². The van der Waals surface area contributed by atoms with E-state index in [0.717, 1.165) is 22.9 Å². The molecule has 0 atom stereocenters. The lowest BCUT2D eigenvalue weighted by atomic mass is 10.1. The van der Waals surface area contributed by atoms with Gasteiger partial charge in [-0.1, -0.05) is 59.1 Å². The summed E-state index contributed by atoms with van der Waals surface area (Å²) in [7, 11) is 0. The molecule has 2 aromatic rings. The normalized spacial score (nSPS) is 16.3. The monoisotopic (exact) mass is 377 g/mol. The molecule has 1 fully saturated rings. The zero-order chi connectivity index (χ0) is 17.3. The number of hydrogen-bond donors (Lipinski definition) is 0. The van der Waals surface area contributed by atoms with Crippen LogP contribution in [0.25, 0.3) is 6.08 Å². The molecule has 122 valence electrons. The smallest absolute Gasteiger partial charge is 0.268 e. The highest BCUT2D eigenvalue weighted by atomic mass is 35.5. The average Bonchev–Trinajstić information content (AvgIpc) is 2.80. The molecule has 2 aromatic carbocycles. The third kappa shape index (κ3) is 3.51. The molecule has 3 nitrogen and oxygen atoms in total. The van der Waals surface area contributed by atoms with E-state index in [1.165, 1.54) is 4.90 Å². The summed E-state index contributed by atoms with van der Waals surface area (Å²) in [4.78, 5) is 26.3. The van der Waals surface area contributed by atoms with E-state index < -0.39 is 0 Å². The summed E-state index contributed by atoms with van der Waals surface area (Å²) in [5, 5.41) is 0.579. The van der Waals surface area contributed by atoms with Crippen molar-refractivity contribution >= 4 is 52.2 Å². The van der Waals surface area contributed by atoms with Gasteiger partial charge in [0.1, 0.15) is 0 Å². The molecule has 0 radical (unpaired) electrons. The fraction of sp³-hybridized carbons (Fsp3) is 0.111. The Hall–Kier alpha value is -1.75. The molecule has 6 heteroatoms. The van der Waals surface area contributed by atoms with Crippen LogP contribution in [0.2, 0.25) is 10.0 Å². The van der Waals surface area contributed by atoms with Gasteiger partial charge < -0.3 is 0 Å². The summed E-state index contributed by atoms with van der Waals surface area (Å²) in [5.74, 6) is -0.332. The van der Waals surface area contributed by atoms with E-state index in [4.69, 9.17) is 23.2 Å². The van der Waals surface area contributed by atoms with Crippen LogP contribution in [-0.2, 0) is 11.3 Å². The number of amides is 2. The molecule has 0 saturated carbocycles. The predicted molar refractivity (Wildman–Crippen MR) is 99.2 cm³/mol. The number of nitrogens with zero attached hydrogens (tertiary/aromatic N) is 1. The van der Waals surface area contributed by atoms with E-state index in [2.05, 4.69) is 0 Å². The van der Waals surface area contributed by atoms with Gasteiger partial charge in [-0.25, -0.2) is 0 Å². The van der Waals surface area contributed by atoms with Gasteiger partial charge in [0.05, 0.1) is 11.4 Å². The summed E-state index contributed by atoms with van der Waals surface area (Å²) in [6, 6.07) is 12.8. The van der Waals surface area contributed by atoms with Gasteiger partial charge in [0.15, 0.2) is 0 Å². The van der Waals surface area contributed by atoms with E-state index >= 15 is 0 Å². The molecule has 1 aliphatic rings. The highest BCUT2D eigenvalue weighted by molar-refractivity contribution is 8.18. The number of carbonyl (C=O) groups excluding carboxylic acids is 2. The molecule has 1 heterocycles. The first kappa shape index (κ1) is 17.1. The first-order valence-electron chi connectivity index (χ1n) is 7.20. The highest BCUT2D eigenvalue weighted by Crippen LogP contribution is 2.36. The third-order valence-electron chi connectivity index (χ3n) is 3.61. The Bertz CT molecular complexity index is 826. The number of rotatable bonds is 3. The molecule has 0 unspecified atom stereocenters. The Morgan fingerprint density at radius 1 is 1.04 bits per heavy atom. The van der Waals surface area contributed by atoms with Crippen LogP contribution in [0.15, 0.2) is 47.4 Å². The zero-order valence-corrected chi connectivity index (χ0v) is 15.1. The molecule has 1 saturated heterocycles. The molecule has 1 aliphatic heterocycles. The second kappa shape index (κ2) is 7.01. The van der Waals surface area contributed by atoms with Gasteiger partial charge in [0, 0.05) is 15.6 Å². The first-order valence-corrected chi connectivity index (χ1v) is 8.78. The van der Waals surface area contributed by atoms with Gasteiger partial charge in [0.25, 0.3) is 11.1 Å². The van der Waals surface area contributed by atoms with Crippen LogP contribution in [0.4, 0.5) is 4.79 Å². The largest absolute Gasteiger partial charge is 0.293 e. The van der Waals surface area contributed by atoms with Crippen LogP contribution in [0.5, 0.6) is 0 Å². The quantitative estimate of drug-likeness (QED) is 0.659. The minimum atomic E-state index is -0.332. The summed E-state index contributed by atoms with van der Waals surface area (Å²) < 4.78 is 0. The molecule has 0 aromatic heterocycles. The Labute approximate surface area is 154 Å². The molecule has 0 spiro atoms. The molecule has 0 aliphatic carbocycles. The second-order valence-corrected chi connectivity index (χ2v) is 7.20. The van der Waals surface area contributed by atoms with Gasteiger partial charge in [-0.05, 0) is 42.5 Å². The van der Waals surface area contributed by atoms with Crippen LogP contribution >= 0.6 is 35.0 Å². The average molecular weight is 378 g/mol. The molecule has 2 amide bonds. The maximum atomic E-state index is 12.5. The lowest BCUT2D eigenvalue weighted by Crippen LogP contribution is -2.27. The summed E-state index contributed by atoms with van der Waals surface area (Å²) in [6.07, 6.45) is 1.57. The fourth-order valence-corrected chi connectivity index (χ4v) is 3.62. The van der Waals surface area contributed by atoms with Crippen LogP contribution < -0.4 is 0 Å². The van der Waals surface area contributed by atoms with Crippen molar-refractivity contribution in [1.82, 2.24) is 4.90 Å². The maximum absolute atomic E-state index is 12.5. The van der Waals surface area contributed by atoms with E-state index in [1.807, 2.05) is 31.2 Å². The van der Waals surface area contributed by atoms with Crippen molar-refractivity contribution < 1.29 is 9.59 Å². The molecule has 0 bridgehead atoms. The Morgan fingerprint density at radius 2 is 1.67 bits per heavy atom. The van der Waals surface area contributed by atoms with E-state index in [0.29, 0.717) is 20.5 Å². The molecular formula is C18H13Cl2NO2S. The number of aryl methyl sites for hydroxylation is 1. The Balaban J connectivity index is 1.86. The van der Waals surface area contributed by atoms with Crippen LogP contribution in [0.3, 0.4) is 0 Å². The second-order valence-electron chi connectivity index (χ2n) is 5.39. The van der Waals surface area contributed by atoms with Crippen LogP contribution in [0, 0.1) is 6.92 Å². The van der Waals surface area contributed by atoms with Gasteiger partial charge in [-0.3, -0.25) is 14.5 Å². The predicted octanol–water partition coefficient (Wildman–Crippen LogP) is 5.54. The topological polar surface area (TPSA) is 37.4 Å². The van der Waals surface area contributed by atoms with Crippen molar-refractivity contribution in [3.8, 4) is 0 Å².